The van der Waals surface area contributed by atoms with Gasteiger partial charge in [0.15, 0.2) is 5.78 Å². The van der Waals surface area contributed by atoms with Crippen LogP contribution < -0.4 is 0 Å². The van der Waals surface area contributed by atoms with Gasteiger partial charge in [-0.3, -0.25) is 4.79 Å². The minimum absolute atomic E-state index is 0.233. The van der Waals surface area contributed by atoms with Gasteiger partial charge in [0.25, 0.3) is 0 Å². The van der Waals surface area contributed by atoms with Gasteiger partial charge in [0, 0.05) is 5.41 Å². The summed E-state index contributed by atoms with van der Waals surface area (Å²) < 4.78 is 20.1. The summed E-state index contributed by atoms with van der Waals surface area (Å²) in [5.41, 5.74) is -0.532. The van der Waals surface area contributed by atoms with Crippen LogP contribution in [-0.2, 0) is 15.5 Å². The van der Waals surface area contributed by atoms with Crippen LogP contribution in [-0.4, -0.2) is 20.0 Å². The second-order valence-electron chi connectivity index (χ2n) is 3.16. The Morgan fingerprint density at radius 3 is 1.80 bits per heavy atom. The molecule has 4 heteroatoms. The molecule has 0 aromatic carbocycles. The van der Waals surface area contributed by atoms with Crippen LogP contribution in [0, 0.1) is 5.41 Å². The fraction of sp³-hybridized carbons (Fsp3) is 0.833. The van der Waals surface area contributed by atoms with E-state index in [9.17, 15) is 13.2 Å². The van der Waals surface area contributed by atoms with Crippen LogP contribution >= 0.6 is 0 Å². The van der Waals surface area contributed by atoms with Gasteiger partial charge in [-0.1, -0.05) is 20.8 Å². The maximum Gasteiger partial charge on any atom is 0.152 e. The summed E-state index contributed by atoms with van der Waals surface area (Å²) in [5.74, 6) is -0.567. The third kappa shape index (κ3) is 3.61. The molecule has 0 fully saturated rings. The molecule has 0 aliphatic carbocycles. The first-order valence-corrected chi connectivity index (χ1v) is 4.35. The molecule has 0 radical (unpaired) electrons. The van der Waals surface area contributed by atoms with Crippen molar-refractivity contribution in [1.82, 2.24) is 0 Å². The second-order valence-corrected chi connectivity index (χ2v) is 4.15. The van der Waals surface area contributed by atoms with E-state index in [1.807, 2.05) is 0 Å². The predicted molar refractivity (Wildman–Crippen MR) is 39.6 cm³/mol. The minimum Gasteiger partial charge on any atom is -0.298 e. The molecular formula is C6H12O3S. The van der Waals surface area contributed by atoms with E-state index in [1.165, 1.54) is 0 Å². The van der Waals surface area contributed by atoms with Crippen molar-refractivity contribution in [3.05, 3.63) is 0 Å². The molecule has 3 nitrogen and oxygen atoms in total. The number of carbonyl (C=O) groups excluding carboxylic acids is 1. The van der Waals surface area contributed by atoms with Crippen LogP contribution in [0.25, 0.3) is 0 Å². The van der Waals surface area contributed by atoms with E-state index >= 15 is 0 Å². The highest BCUT2D eigenvalue weighted by molar-refractivity contribution is 7.73. The molecule has 0 saturated heterocycles. The van der Waals surface area contributed by atoms with Crippen molar-refractivity contribution in [2.75, 3.05) is 5.75 Å². The smallest absolute Gasteiger partial charge is 0.152 e. The van der Waals surface area contributed by atoms with Gasteiger partial charge < -0.3 is 0 Å². The molecule has 0 aromatic rings. The summed E-state index contributed by atoms with van der Waals surface area (Å²) in [7, 11) is -2.55. The largest absolute Gasteiger partial charge is 0.298 e. The lowest BCUT2D eigenvalue weighted by Gasteiger charge is -2.13. The molecule has 0 spiro atoms. The summed E-state index contributed by atoms with van der Waals surface area (Å²) in [4.78, 5) is 10.9. The molecule has 60 valence electrons. The van der Waals surface area contributed by atoms with E-state index in [2.05, 4.69) is 0 Å². The predicted octanol–water partition coefficient (Wildman–Crippen LogP) is 0.213. The van der Waals surface area contributed by atoms with Crippen molar-refractivity contribution in [2.45, 2.75) is 20.8 Å². The molecule has 0 amide bonds. The first kappa shape index (κ1) is 9.62. The molecule has 0 unspecified atom stereocenters. The van der Waals surface area contributed by atoms with Gasteiger partial charge in [0.1, 0.15) is 16.5 Å². The van der Waals surface area contributed by atoms with Gasteiger partial charge >= 0.3 is 0 Å². The van der Waals surface area contributed by atoms with Crippen LogP contribution in [0.1, 0.15) is 20.8 Å². The molecular weight excluding hydrogens is 152 g/mol. The Labute approximate surface area is 62.4 Å². The summed E-state index contributed by atoms with van der Waals surface area (Å²) in [6, 6.07) is 0. The van der Waals surface area contributed by atoms with Crippen LogP contribution in [0.4, 0.5) is 0 Å². The zero-order valence-electron chi connectivity index (χ0n) is 6.38. The van der Waals surface area contributed by atoms with Gasteiger partial charge in [-0.15, -0.1) is 0 Å². The van der Waals surface area contributed by atoms with E-state index in [4.69, 9.17) is 0 Å². The number of ketones is 1. The van der Waals surface area contributed by atoms with Crippen LogP contribution in [0.2, 0.25) is 0 Å². The Kier molecular flexibility index (Phi) is 3.02. The molecule has 0 aliphatic rings. The van der Waals surface area contributed by atoms with Crippen molar-refractivity contribution < 1.29 is 13.2 Å². The van der Waals surface area contributed by atoms with Gasteiger partial charge in [-0.05, 0) is 0 Å². The topological polar surface area (TPSA) is 51.2 Å². The first-order chi connectivity index (χ1) is 4.34. The SMILES string of the molecule is CC(C)(C)C(=O)C[SH](=O)=O. The van der Waals surface area contributed by atoms with Crippen LogP contribution in [0.3, 0.4) is 0 Å². The fourth-order valence-electron chi connectivity index (χ4n) is 0.354. The number of thiol groups is 1. The van der Waals surface area contributed by atoms with Gasteiger partial charge in [-0.2, -0.15) is 0 Å². The van der Waals surface area contributed by atoms with Crippen molar-refractivity contribution in [2.24, 2.45) is 5.41 Å². The average molecular weight is 164 g/mol. The van der Waals surface area contributed by atoms with Crippen LogP contribution in [0.15, 0.2) is 0 Å². The van der Waals surface area contributed by atoms with Crippen molar-refractivity contribution >= 4 is 16.5 Å². The fourth-order valence-corrected chi connectivity index (χ4v) is 1.06. The number of Topliss-reactive ketones (excluding diaryl/α,β-unsaturated/α-hetero) is 1. The third-order valence-electron chi connectivity index (χ3n) is 1.11. The first-order valence-electron chi connectivity index (χ1n) is 2.99. The highest BCUT2D eigenvalue weighted by atomic mass is 32.2. The van der Waals surface area contributed by atoms with E-state index in [0.717, 1.165) is 0 Å². The number of carbonyl (C=O) groups is 1. The number of hydrogen-bond acceptors (Lipinski definition) is 3. The Balaban J connectivity index is 4.12. The maximum absolute atomic E-state index is 10.9. The molecule has 0 aromatic heterocycles. The van der Waals surface area contributed by atoms with Gasteiger partial charge in [-0.25, -0.2) is 8.42 Å². The second kappa shape index (κ2) is 3.14. The zero-order chi connectivity index (χ0) is 8.36. The molecule has 0 rings (SSSR count). The monoisotopic (exact) mass is 164 g/mol. The van der Waals surface area contributed by atoms with E-state index in [0.29, 0.717) is 0 Å². The van der Waals surface area contributed by atoms with Crippen molar-refractivity contribution in [1.29, 1.82) is 0 Å². The van der Waals surface area contributed by atoms with E-state index in [-0.39, 0.29) is 11.5 Å². The summed E-state index contributed by atoms with van der Waals surface area (Å²) in [5, 5.41) is 0. The Morgan fingerprint density at radius 1 is 1.30 bits per heavy atom. The number of rotatable bonds is 2. The molecule has 0 saturated carbocycles. The normalized spacial score (nSPS) is 12.0. The third-order valence-corrected chi connectivity index (χ3v) is 1.65. The Morgan fingerprint density at radius 2 is 1.70 bits per heavy atom. The molecule has 0 aliphatic heterocycles. The lowest BCUT2D eigenvalue weighted by atomic mass is 9.92. The Bertz CT molecular complexity index is 190. The molecule has 0 heterocycles. The summed E-state index contributed by atoms with van der Waals surface area (Å²) in [6.45, 7) is 5.11. The summed E-state index contributed by atoms with van der Waals surface area (Å²) in [6.07, 6.45) is 0. The highest BCUT2D eigenvalue weighted by Gasteiger charge is 2.21. The lowest BCUT2D eigenvalue weighted by molar-refractivity contribution is -0.123. The molecule has 0 atom stereocenters. The standard InChI is InChI=1S/C6H12O3S/c1-6(2,3)5(7)4-10(8)9/h10H,4H2,1-3H3. The molecule has 0 N–H and O–H groups in total. The van der Waals surface area contributed by atoms with E-state index in [1.54, 1.807) is 20.8 Å². The number of hydrogen-bond donors (Lipinski definition) is 1. The van der Waals surface area contributed by atoms with Crippen LogP contribution in [0.5, 0.6) is 0 Å². The van der Waals surface area contributed by atoms with Gasteiger partial charge in [0.05, 0.1) is 0 Å². The quantitative estimate of drug-likeness (QED) is 0.594. The summed E-state index contributed by atoms with van der Waals surface area (Å²) >= 11 is 0. The lowest BCUT2D eigenvalue weighted by Crippen LogP contribution is -2.23. The average Bonchev–Trinajstić information content (AvgIpc) is 1.60. The maximum atomic E-state index is 10.9. The molecule has 0 bridgehead atoms. The van der Waals surface area contributed by atoms with Crippen molar-refractivity contribution in [3.8, 4) is 0 Å². The Hall–Kier alpha value is -0.380. The highest BCUT2D eigenvalue weighted by Crippen LogP contribution is 2.13. The van der Waals surface area contributed by atoms with E-state index < -0.39 is 16.1 Å². The molecule has 10 heavy (non-hydrogen) atoms. The van der Waals surface area contributed by atoms with Gasteiger partial charge in [0.2, 0.25) is 0 Å². The van der Waals surface area contributed by atoms with Crippen molar-refractivity contribution in [3.63, 3.8) is 0 Å². The minimum atomic E-state index is -2.55. The zero-order valence-corrected chi connectivity index (χ0v) is 7.27.